The van der Waals surface area contributed by atoms with Crippen LogP contribution in [0.4, 0.5) is 11.4 Å². The maximum atomic E-state index is 12.7. The Kier molecular flexibility index (Phi) is 6.31. The van der Waals surface area contributed by atoms with E-state index in [1.54, 1.807) is 24.3 Å². The summed E-state index contributed by atoms with van der Waals surface area (Å²) in [5.74, 6) is -0.629. The number of hydrogen-bond donors (Lipinski definition) is 1. The van der Waals surface area contributed by atoms with Crippen LogP contribution in [0.15, 0.2) is 48.5 Å². The van der Waals surface area contributed by atoms with Gasteiger partial charge in [0, 0.05) is 37.8 Å². The van der Waals surface area contributed by atoms with Crippen LogP contribution in [0, 0.1) is 0 Å². The fraction of sp³-hybridized carbons (Fsp3) is 0.364. The number of ether oxygens (including phenoxy) is 1. The molecule has 0 bridgehead atoms. The number of methoxy groups -OCH3 is 1. The van der Waals surface area contributed by atoms with Gasteiger partial charge in [-0.05, 0) is 44.2 Å². The molecule has 1 heterocycles. The Morgan fingerprint density at radius 3 is 2.25 bits per heavy atom. The molecule has 0 aliphatic carbocycles. The molecule has 0 atom stereocenters. The average Bonchev–Trinajstić information content (AvgIpc) is 2.73. The normalized spacial score (nSPS) is 14.8. The third kappa shape index (κ3) is 4.51. The van der Waals surface area contributed by atoms with Gasteiger partial charge in [0.25, 0.3) is 5.91 Å². The van der Waals surface area contributed by atoms with E-state index in [-0.39, 0.29) is 5.91 Å². The van der Waals surface area contributed by atoms with Crippen LogP contribution in [0.5, 0.6) is 0 Å². The number of carbonyl (C=O) groups is 2. The van der Waals surface area contributed by atoms with Gasteiger partial charge < -0.3 is 15.0 Å². The molecule has 6 nitrogen and oxygen atoms in total. The Balaban J connectivity index is 1.87. The van der Waals surface area contributed by atoms with Crippen molar-refractivity contribution in [2.75, 3.05) is 43.5 Å². The molecule has 1 fully saturated rings. The minimum absolute atomic E-state index is 0.204. The molecule has 0 aromatic heterocycles. The first kappa shape index (κ1) is 19.9. The lowest BCUT2D eigenvalue weighted by Gasteiger charge is -2.38. The summed E-state index contributed by atoms with van der Waals surface area (Å²) in [4.78, 5) is 29.3. The van der Waals surface area contributed by atoms with Crippen molar-refractivity contribution in [2.24, 2.45) is 0 Å². The van der Waals surface area contributed by atoms with E-state index in [0.29, 0.717) is 22.9 Å². The molecular formula is C22H27N3O3. The number of piperazine rings is 1. The molecule has 0 spiro atoms. The molecule has 1 aliphatic rings. The SMILES string of the molecule is COC(=O)c1ccc(N2CCN(C(C)C)CC2)c(NC(=O)c2ccccc2)c1. The van der Waals surface area contributed by atoms with Gasteiger partial charge in [0.2, 0.25) is 0 Å². The lowest BCUT2D eigenvalue weighted by molar-refractivity contribution is 0.0600. The van der Waals surface area contributed by atoms with Gasteiger partial charge >= 0.3 is 5.97 Å². The second kappa shape index (κ2) is 8.89. The number of hydrogen-bond acceptors (Lipinski definition) is 5. The zero-order chi connectivity index (χ0) is 20.1. The summed E-state index contributed by atoms with van der Waals surface area (Å²) >= 11 is 0. The average molecular weight is 381 g/mol. The Hall–Kier alpha value is -2.86. The third-order valence-electron chi connectivity index (χ3n) is 5.09. The van der Waals surface area contributed by atoms with Crippen molar-refractivity contribution in [1.29, 1.82) is 0 Å². The highest BCUT2D eigenvalue weighted by Crippen LogP contribution is 2.29. The third-order valence-corrected chi connectivity index (χ3v) is 5.09. The standard InChI is InChI=1S/C22H27N3O3/c1-16(2)24-11-13-25(14-12-24)20-10-9-18(22(27)28-3)15-19(20)23-21(26)17-7-5-4-6-8-17/h4-10,15-16H,11-14H2,1-3H3,(H,23,26). The van der Waals surface area contributed by atoms with Crippen LogP contribution in [0.25, 0.3) is 0 Å². The minimum Gasteiger partial charge on any atom is -0.465 e. The molecule has 6 heteroatoms. The first-order valence-corrected chi connectivity index (χ1v) is 9.57. The maximum absolute atomic E-state index is 12.7. The van der Waals surface area contributed by atoms with Crippen LogP contribution in [0.1, 0.15) is 34.6 Å². The van der Waals surface area contributed by atoms with Crippen LogP contribution in [0.3, 0.4) is 0 Å². The van der Waals surface area contributed by atoms with Gasteiger partial charge in [0.1, 0.15) is 0 Å². The molecular weight excluding hydrogens is 354 g/mol. The number of nitrogens with one attached hydrogen (secondary N) is 1. The first-order chi connectivity index (χ1) is 13.5. The van der Waals surface area contributed by atoms with Crippen LogP contribution < -0.4 is 10.2 Å². The van der Waals surface area contributed by atoms with Crippen LogP contribution in [-0.4, -0.2) is 56.1 Å². The van der Waals surface area contributed by atoms with E-state index in [2.05, 4.69) is 29.0 Å². The van der Waals surface area contributed by atoms with Gasteiger partial charge in [-0.15, -0.1) is 0 Å². The Morgan fingerprint density at radius 2 is 1.64 bits per heavy atom. The summed E-state index contributed by atoms with van der Waals surface area (Å²) in [5, 5.41) is 2.98. The van der Waals surface area contributed by atoms with E-state index >= 15 is 0 Å². The van der Waals surface area contributed by atoms with Gasteiger partial charge in [-0.25, -0.2) is 4.79 Å². The second-order valence-electron chi connectivity index (χ2n) is 7.16. The van der Waals surface area contributed by atoms with Crippen LogP contribution in [-0.2, 0) is 4.74 Å². The van der Waals surface area contributed by atoms with Crippen molar-refractivity contribution in [2.45, 2.75) is 19.9 Å². The summed E-state index contributed by atoms with van der Waals surface area (Å²) in [6.45, 7) is 8.05. The lowest BCUT2D eigenvalue weighted by atomic mass is 10.1. The number of esters is 1. The molecule has 3 rings (SSSR count). The van der Waals surface area contributed by atoms with Crippen molar-refractivity contribution < 1.29 is 14.3 Å². The van der Waals surface area contributed by atoms with Gasteiger partial charge in [-0.2, -0.15) is 0 Å². The number of amides is 1. The number of benzene rings is 2. The van der Waals surface area contributed by atoms with E-state index < -0.39 is 5.97 Å². The van der Waals surface area contributed by atoms with Gasteiger partial charge in [-0.3, -0.25) is 9.69 Å². The van der Waals surface area contributed by atoms with E-state index in [1.165, 1.54) is 7.11 Å². The summed E-state index contributed by atoms with van der Waals surface area (Å²) in [7, 11) is 1.35. The van der Waals surface area contributed by atoms with Crippen molar-refractivity contribution in [1.82, 2.24) is 4.90 Å². The highest BCUT2D eigenvalue weighted by molar-refractivity contribution is 6.06. The van der Waals surface area contributed by atoms with Gasteiger partial charge in [0.15, 0.2) is 0 Å². The smallest absolute Gasteiger partial charge is 0.337 e. The molecule has 1 saturated heterocycles. The molecule has 148 valence electrons. The van der Waals surface area contributed by atoms with Gasteiger partial charge in [0.05, 0.1) is 24.0 Å². The predicted octanol–water partition coefficient (Wildman–Crippen LogP) is 3.26. The van der Waals surface area contributed by atoms with Crippen molar-refractivity contribution in [3.8, 4) is 0 Å². The van der Waals surface area contributed by atoms with E-state index in [1.807, 2.05) is 24.3 Å². The van der Waals surface area contributed by atoms with Crippen molar-refractivity contribution in [3.05, 3.63) is 59.7 Å². The quantitative estimate of drug-likeness (QED) is 0.806. The fourth-order valence-electron chi connectivity index (χ4n) is 3.42. The Labute approximate surface area is 166 Å². The fourth-order valence-corrected chi connectivity index (χ4v) is 3.42. The summed E-state index contributed by atoms with van der Waals surface area (Å²) in [6, 6.07) is 14.9. The Bertz CT molecular complexity index is 828. The number of anilines is 2. The summed E-state index contributed by atoms with van der Waals surface area (Å²) in [6.07, 6.45) is 0. The second-order valence-corrected chi connectivity index (χ2v) is 7.16. The van der Waals surface area contributed by atoms with Crippen LogP contribution in [0.2, 0.25) is 0 Å². The van der Waals surface area contributed by atoms with Crippen molar-refractivity contribution in [3.63, 3.8) is 0 Å². The summed E-state index contributed by atoms with van der Waals surface area (Å²) in [5.41, 5.74) is 2.52. The largest absolute Gasteiger partial charge is 0.465 e. The van der Waals surface area contributed by atoms with Crippen molar-refractivity contribution >= 4 is 23.3 Å². The number of carbonyl (C=O) groups excluding carboxylic acids is 2. The predicted molar refractivity (Wildman–Crippen MR) is 111 cm³/mol. The molecule has 28 heavy (non-hydrogen) atoms. The van der Waals surface area contributed by atoms with Crippen LogP contribution >= 0.6 is 0 Å². The first-order valence-electron chi connectivity index (χ1n) is 9.57. The number of rotatable bonds is 5. The zero-order valence-electron chi connectivity index (χ0n) is 16.6. The maximum Gasteiger partial charge on any atom is 0.337 e. The van der Waals surface area contributed by atoms with E-state index in [0.717, 1.165) is 31.9 Å². The highest BCUT2D eigenvalue weighted by atomic mass is 16.5. The molecule has 0 saturated carbocycles. The topological polar surface area (TPSA) is 61.9 Å². The van der Waals surface area contributed by atoms with E-state index in [9.17, 15) is 9.59 Å². The highest BCUT2D eigenvalue weighted by Gasteiger charge is 2.22. The summed E-state index contributed by atoms with van der Waals surface area (Å²) < 4.78 is 4.83. The molecule has 0 unspecified atom stereocenters. The Morgan fingerprint density at radius 1 is 0.964 bits per heavy atom. The number of nitrogens with zero attached hydrogens (tertiary/aromatic N) is 2. The zero-order valence-corrected chi connectivity index (χ0v) is 16.6. The molecule has 2 aromatic carbocycles. The monoisotopic (exact) mass is 381 g/mol. The van der Waals surface area contributed by atoms with E-state index in [4.69, 9.17) is 4.74 Å². The molecule has 1 N–H and O–H groups in total. The molecule has 1 aliphatic heterocycles. The van der Waals surface area contributed by atoms with Gasteiger partial charge in [-0.1, -0.05) is 18.2 Å². The molecule has 2 aromatic rings. The minimum atomic E-state index is -0.425. The molecule has 0 radical (unpaired) electrons. The molecule has 1 amide bonds. The lowest BCUT2D eigenvalue weighted by Crippen LogP contribution is -2.49.